The molecule has 3 aliphatic heterocycles. The summed E-state index contributed by atoms with van der Waals surface area (Å²) >= 11 is 0. The number of para-hydroxylation sites is 2. The first-order valence-electron chi connectivity index (χ1n) is 13.9. The molecule has 3 atom stereocenters. The van der Waals surface area contributed by atoms with Crippen LogP contribution in [0.3, 0.4) is 0 Å². The van der Waals surface area contributed by atoms with E-state index in [1.165, 1.54) is 5.69 Å². The number of nitrogens with one attached hydrogen (secondary N) is 1. The minimum atomic E-state index is -5.08. The average molecular weight is 610 g/mol. The maximum absolute atomic E-state index is 13.3. The van der Waals surface area contributed by atoms with Crippen LogP contribution in [-0.4, -0.2) is 53.5 Å². The monoisotopic (exact) mass is 609 g/mol. The van der Waals surface area contributed by atoms with Gasteiger partial charge in [-0.15, -0.1) is 0 Å². The van der Waals surface area contributed by atoms with Crippen LogP contribution in [0, 0.1) is 6.92 Å². The maximum atomic E-state index is 13.3. The second-order valence-electron chi connectivity index (χ2n) is 10.9. The van der Waals surface area contributed by atoms with Crippen LogP contribution >= 0.6 is 0 Å². The summed E-state index contributed by atoms with van der Waals surface area (Å²) in [6, 6.07) is 23.2. The third-order valence-electron chi connectivity index (χ3n) is 7.79. The normalized spacial score (nSPS) is 18.1. The number of aromatic carboxylic acids is 1. The molecule has 0 aliphatic carbocycles. The molecule has 3 N–H and O–H groups in total. The highest BCUT2D eigenvalue weighted by atomic mass is 19.4. The Kier molecular flexibility index (Phi) is 8.27. The Hall–Kier alpha value is -5.00. The Morgan fingerprint density at radius 2 is 1.59 bits per heavy atom. The van der Waals surface area contributed by atoms with E-state index in [0.717, 1.165) is 30.6 Å². The van der Waals surface area contributed by atoms with Gasteiger partial charge in [-0.3, -0.25) is 4.79 Å². The first kappa shape index (κ1) is 30.5. The summed E-state index contributed by atoms with van der Waals surface area (Å²) in [6.07, 6.45) is -3.95. The SMILES string of the molecule is Cc1cc(C(C)Nc2ccccc2C(=O)O)c2oc(N3CC4CC(C3)N4c3ccccc3)cc(=O)c2c1.O=C(O)C(F)(F)F. The lowest BCUT2D eigenvalue weighted by Gasteiger charge is -2.57. The number of carbonyl (C=O) groups is 2. The Morgan fingerprint density at radius 1 is 0.977 bits per heavy atom. The third-order valence-corrected chi connectivity index (χ3v) is 7.79. The number of anilines is 3. The van der Waals surface area contributed by atoms with Crippen molar-refractivity contribution in [3.05, 3.63) is 99.7 Å². The standard InChI is InChI=1S/C30H29N3O4.C2HF3O2/c1-18-12-24(19(2)31-26-11-7-6-10-23(26)30(35)36)29-25(13-18)27(34)15-28(37-29)32-16-21-14-22(17-32)33(21)20-8-4-3-5-9-20;3-2(4,5)1(6)7/h3-13,15,19,21-22,31H,14,16-17H2,1-2H3,(H,35,36);(H,6,7). The zero-order valence-corrected chi connectivity index (χ0v) is 23.8. The highest BCUT2D eigenvalue weighted by molar-refractivity contribution is 5.94. The molecule has 0 radical (unpaired) electrons. The van der Waals surface area contributed by atoms with E-state index in [1.807, 2.05) is 32.0 Å². The van der Waals surface area contributed by atoms with E-state index < -0.39 is 18.1 Å². The molecule has 3 saturated heterocycles. The van der Waals surface area contributed by atoms with Crippen LogP contribution < -0.4 is 20.5 Å². The molecule has 3 fully saturated rings. The Labute approximate surface area is 250 Å². The first-order chi connectivity index (χ1) is 20.8. The van der Waals surface area contributed by atoms with Gasteiger partial charge in [0, 0.05) is 48.2 Å². The third kappa shape index (κ3) is 6.19. The molecule has 3 aliphatic rings. The summed E-state index contributed by atoms with van der Waals surface area (Å²) in [5.74, 6) is -3.16. The van der Waals surface area contributed by atoms with Crippen molar-refractivity contribution in [1.29, 1.82) is 0 Å². The van der Waals surface area contributed by atoms with Crippen molar-refractivity contribution < 1.29 is 37.4 Å². The molecular formula is C32H30F3N3O6. The molecule has 12 heteroatoms. The highest BCUT2D eigenvalue weighted by Gasteiger charge is 2.45. The van der Waals surface area contributed by atoms with Crippen LogP contribution in [0.5, 0.6) is 0 Å². The fraction of sp³-hybridized carbons (Fsp3) is 0.281. The molecule has 44 heavy (non-hydrogen) atoms. The Morgan fingerprint density at radius 3 is 2.20 bits per heavy atom. The molecule has 1 aromatic heterocycles. The number of rotatable bonds is 6. The fourth-order valence-electron chi connectivity index (χ4n) is 5.82. The number of alkyl halides is 3. The van der Waals surface area contributed by atoms with E-state index in [2.05, 4.69) is 39.4 Å². The lowest BCUT2D eigenvalue weighted by Crippen LogP contribution is -2.69. The van der Waals surface area contributed by atoms with Crippen molar-refractivity contribution in [1.82, 2.24) is 0 Å². The van der Waals surface area contributed by atoms with E-state index in [-0.39, 0.29) is 17.0 Å². The molecule has 7 rings (SSSR count). The Balaban J connectivity index is 0.000000493. The van der Waals surface area contributed by atoms with Crippen LogP contribution in [0.1, 0.15) is 40.9 Å². The summed E-state index contributed by atoms with van der Waals surface area (Å²) < 4.78 is 38.2. The van der Waals surface area contributed by atoms with Crippen molar-refractivity contribution in [3.63, 3.8) is 0 Å². The van der Waals surface area contributed by atoms with Gasteiger partial charge in [0.25, 0.3) is 0 Å². The summed E-state index contributed by atoms with van der Waals surface area (Å²) in [7, 11) is 0. The van der Waals surface area contributed by atoms with E-state index >= 15 is 0 Å². The smallest absolute Gasteiger partial charge is 0.478 e. The van der Waals surface area contributed by atoms with Crippen molar-refractivity contribution >= 4 is 40.2 Å². The van der Waals surface area contributed by atoms with Gasteiger partial charge in [-0.25, -0.2) is 9.59 Å². The molecule has 4 aromatic rings. The van der Waals surface area contributed by atoms with Gasteiger partial charge in [-0.2, -0.15) is 13.2 Å². The van der Waals surface area contributed by atoms with Crippen LogP contribution in [0.2, 0.25) is 0 Å². The summed E-state index contributed by atoms with van der Waals surface area (Å²) in [5.41, 5.74) is 4.20. The largest absolute Gasteiger partial charge is 0.490 e. The van der Waals surface area contributed by atoms with Crippen molar-refractivity contribution in [2.24, 2.45) is 0 Å². The second kappa shape index (κ2) is 11.9. The van der Waals surface area contributed by atoms with Crippen LogP contribution in [0.25, 0.3) is 11.0 Å². The molecule has 0 spiro atoms. The van der Waals surface area contributed by atoms with Crippen molar-refractivity contribution in [2.75, 3.05) is 28.2 Å². The number of carboxylic acid groups (broad SMARTS) is 2. The van der Waals surface area contributed by atoms with E-state index in [9.17, 15) is 27.9 Å². The van der Waals surface area contributed by atoms with E-state index in [1.54, 1.807) is 30.3 Å². The van der Waals surface area contributed by atoms with Gasteiger partial charge in [0.05, 0.1) is 17.0 Å². The second-order valence-corrected chi connectivity index (χ2v) is 10.9. The minimum absolute atomic E-state index is 0.0708. The number of halogens is 3. The van der Waals surface area contributed by atoms with Gasteiger partial charge in [0.2, 0.25) is 0 Å². The van der Waals surface area contributed by atoms with Gasteiger partial charge in [0.15, 0.2) is 11.3 Å². The summed E-state index contributed by atoms with van der Waals surface area (Å²) in [5, 5.41) is 20.6. The number of piperidine rings is 1. The maximum Gasteiger partial charge on any atom is 0.490 e. The molecule has 9 nitrogen and oxygen atoms in total. The van der Waals surface area contributed by atoms with Gasteiger partial charge in [-0.05, 0) is 56.2 Å². The number of aliphatic carboxylic acids is 1. The zero-order chi connectivity index (χ0) is 31.8. The van der Waals surface area contributed by atoms with Crippen molar-refractivity contribution in [2.45, 2.75) is 44.6 Å². The minimum Gasteiger partial charge on any atom is -0.478 e. The van der Waals surface area contributed by atoms with Crippen molar-refractivity contribution in [3.8, 4) is 0 Å². The zero-order valence-electron chi connectivity index (χ0n) is 23.8. The molecule has 0 saturated carbocycles. The predicted molar refractivity (Wildman–Crippen MR) is 160 cm³/mol. The Bertz CT molecular complexity index is 1750. The number of hydrogen-bond acceptors (Lipinski definition) is 7. The number of piperazine rings is 1. The number of aryl methyl sites for hydroxylation is 1. The van der Waals surface area contributed by atoms with Crippen LogP contribution in [0.4, 0.5) is 30.4 Å². The highest BCUT2D eigenvalue weighted by Crippen LogP contribution is 2.39. The first-order valence-corrected chi connectivity index (χ1v) is 13.9. The molecule has 0 amide bonds. The number of fused-ring (bicyclic) bond motifs is 3. The van der Waals surface area contributed by atoms with Gasteiger partial charge in [-0.1, -0.05) is 36.4 Å². The predicted octanol–water partition coefficient (Wildman–Crippen LogP) is 6.07. The topological polar surface area (TPSA) is 123 Å². The van der Waals surface area contributed by atoms with Gasteiger partial charge >= 0.3 is 18.1 Å². The lowest BCUT2D eigenvalue weighted by molar-refractivity contribution is -0.192. The van der Waals surface area contributed by atoms with E-state index in [4.69, 9.17) is 14.3 Å². The molecule has 2 bridgehead atoms. The number of carboxylic acids is 2. The fourth-order valence-corrected chi connectivity index (χ4v) is 5.82. The summed E-state index contributed by atoms with van der Waals surface area (Å²) in [6.45, 7) is 5.49. The number of benzene rings is 3. The van der Waals surface area contributed by atoms with Crippen LogP contribution in [-0.2, 0) is 4.79 Å². The lowest BCUT2D eigenvalue weighted by atomic mass is 9.86. The quantitative estimate of drug-likeness (QED) is 0.239. The van der Waals surface area contributed by atoms with Crippen LogP contribution in [0.15, 0.2) is 82.0 Å². The molecule has 3 unspecified atom stereocenters. The van der Waals surface area contributed by atoms with Gasteiger partial charge < -0.3 is 29.7 Å². The molecular weight excluding hydrogens is 579 g/mol. The molecule has 3 aromatic carbocycles. The number of hydrogen-bond donors (Lipinski definition) is 3. The van der Waals surface area contributed by atoms with E-state index in [0.29, 0.717) is 34.6 Å². The molecule has 4 heterocycles. The average Bonchev–Trinajstić information content (AvgIpc) is 2.97. The molecule has 230 valence electrons. The van der Waals surface area contributed by atoms with Gasteiger partial charge in [0.1, 0.15) is 5.58 Å². The number of nitrogens with zero attached hydrogens (tertiary/aromatic N) is 2. The summed E-state index contributed by atoms with van der Waals surface area (Å²) in [4.78, 5) is 38.5.